The van der Waals surface area contributed by atoms with Gasteiger partial charge in [0.05, 0.1) is 42.0 Å². The highest BCUT2D eigenvalue weighted by Gasteiger charge is 2.54. The Morgan fingerprint density at radius 3 is 2.15 bits per heavy atom. The number of carbonyl (C=O) groups is 2. The summed E-state index contributed by atoms with van der Waals surface area (Å²) in [5.74, 6) is -3.62. The molecule has 0 spiro atoms. The maximum absolute atomic E-state index is 14.3. The van der Waals surface area contributed by atoms with Crippen LogP contribution in [0.2, 0.25) is 0 Å². The van der Waals surface area contributed by atoms with E-state index in [-0.39, 0.29) is 31.4 Å². The molecular weight excluding hydrogens is 716 g/mol. The number of cyclic esters (lactones) is 1. The Morgan fingerprint density at radius 2 is 1.60 bits per heavy atom. The standard InChI is InChI=1S/C40H72N2O13/c1-16-28-40(11,48)32(44)23(5)22(4)20(2)18-38(9,47)33(54-36-30(43)27(42(13)14)17-21(3)50-36)24(6)31(25(7)35(45)52-28)53-29-19-39(10,49-15)34(26(8)51-29)55-37(46)41-12/h20-21,23-34,36,43-44,47-48H,4,16-19H2,1-3,5-15H3,(H,41,46)/t20?,21?,23?,24?,25?,26?,27?,28-,29?,30?,31?,32?,33?,34?,36?,38?,39?,40?/m1/s1. The van der Waals surface area contributed by atoms with Crippen molar-refractivity contribution in [2.24, 2.45) is 23.7 Å². The first-order chi connectivity index (χ1) is 25.4. The molecule has 0 aliphatic carbocycles. The van der Waals surface area contributed by atoms with E-state index >= 15 is 0 Å². The number of esters is 1. The zero-order chi connectivity index (χ0) is 42.0. The van der Waals surface area contributed by atoms with Crippen LogP contribution >= 0.6 is 0 Å². The maximum atomic E-state index is 14.3. The second-order valence-electron chi connectivity index (χ2n) is 17.3. The summed E-state index contributed by atoms with van der Waals surface area (Å²) in [6.45, 7) is 21.5. The number of aliphatic hydroxyl groups is 4. The minimum absolute atomic E-state index is 0.0854. The third-order valence-corrected chi connectivity index (χ3v) is 12.5. The van der Waals surface area contributed by atoms with E-state index in [0.29, 0.717) is 12.0 Å². The largest absolute Gasteiger partial charge is 0.459 e. The molecule has 15 nitrogen and oxygen atoms in total. The summed E-state index contributed by atoms with van der Waals surface area (Å²) in [6, 6.07) is -0.304. The second-order valence-corrected chi connectivity index (χ2v) is 17.3. The topological polar surface area (TPSA) is 195 Å². The van der Waals surface area contributed by atoms with Crippen LogP contribution in [0.25, 0.3) is 0 Å². The molecule has 3 rings (SSSR count). The third kappa shape index (κ3) is 10.6. The summed E-state index contributed by atoms with van der Waals surface area (Å²) in [4.78, 5) is 28.4. The molecule has 0 radical (unpaired) electrons. The van der Waals surface area contributed by atoms with Crippen LogP contribution in [0.4, 0.5) is 4.79 Å². The number of hydrogen-bond donors (Lipinski definition) is 5. The zero-order valence-corrected chi connectivity index (χ0v) is 35.6. The molecule has 55 heavy (non-hydrogen) atoms. The predicted molar refractivity (Wildman–Crippen MR) is 204 cm³/mol. The van der Waals surface area contributed by atoms with Crippen LogP contribution in [0.3, 0.4) is 0 Å². The van der Waals surface area contributed by atoms with Gasteiger partial charge in [-0.05, 0) is 80.8 Å². The highest BCUT2D eigenvalue weighted by atomic mass is 16.7. The number of alkyl carbamates (subject to hydrolysis) is 1. The summed E-state index contributed by atoms with van der Waals surface area (Å²) in [5.41, 5.74) is -4.02. The fourth-order valence-electron chi connectivity index (χ4n) is 8.87. The van der Waals surface area contributed by atoms with E-state index in [2.05, 4.69) is 11.9 Å². The van der Waals surface area contributed by atoms with Crippen molar-refractivity contribution in [1.29, 1.82) is 0 Å². The summed E-state index contributed by atoms with van der Waals surface area (Å²) in [6.07, 6.45) is -9.44. The Balaban J connectivity index is 2.18. The van der Waals surface area contributed by atoms with E-state index in [1.54, 1.807) is 48.5 Å². The van der Waals surface area contributed by atoms with E-state index in [0.717, 1.165) is 0 Å². The Hall–Kier alpha value is -1.92. The lowest BCUT2D eigenvalue weighted by atomic mass is 9.73. The van der Waals surface area contributed by atoms with Gasteiger partial charge in [0.1, 0.15) is 23.4 Å². The minimum atomic E-state index is -1.86. The van der Waals surface area contributed by atoms with Gasteiger partial charge in [0.2, 0.25) is 0 Å². The number of aliphatic hydroxyl groups excluding tert-OH is 2. The molecule has 3 aliphatic heterocycles. The van der Waals surface area contributed by atoms with Gasteiger partial charge in [-0.15, -0.1) is 0 Å². The molecule has 1 amide bonds. The van der Waals surface area contributed by atoms with Crippen molar-refractivity contribution in [2.75, 3.05) is 28.3 Å². The van der Waals surface area contributed by atoms with Gasteiger partial charge >= 0.3 is 12.1 Å². The van der Waals surface area contributed by atoms with Gasteiger partial charge < -0.3 is 63.8 Å². The van der Waals surface area contributed by atoms with Gasteiger partial charge in [0, 0.05) is 38.5 Å². The number of nitrogens with one attached hydrogen (secondary N) is 1. The third-order valence-electron chi connectivity index (χ3n) is 12.5. The van der Waals surface area contributed by atoms with Crippen molar-refractivity contribution in [3.63, 3.8) is 0 Å². The molecule has 0 saturated carbocycles. The van der Waals surface area contributed by atoms with Gasteiger partial charge in [-0.2, -0.15) is 0 Å². The molecule has 0 aromatic heterocycles. The summed E-state index contributed by atoms with van der Waals surface area (Å²) >= 11 is 0. The van der Waals surface area contributed by atoms with E-state index in [1.807, 2.05) is 32.8 Å². The highest BCUT2D eigenvalue weighted by molar-refractivity contribution is 5.73. The lowest BCUT2D eigenvalue weighted by Crippen LogP contribution is -2.61. The van der Waals surface area contributed by atoms with Gasteiger partial charge in [-0.25, -0.2) is 4.79 Å². The van der Waals surface area contributed by atoms with Crippen LogP contribution in [-0.2, 0) is 38.0 Å². The van der Waals surface area contributed by atoms with Crippen LogP contribution in [0, 0.1) is 23.7 Å². The van der Waals surface area contributed by atoms with Crippen LogP contribution in [0.15, 0.2) is 12.2 Å². The van der Waals surface area contributed by atoms with Crippen LogP contribution in [-0.4, -0.2) is 150 Å². The van der Waals surface area contributed by atoms with Crippen LogP contribution < -0.4 is 5.32 Å². The van der Waals surface area contributed by atoms with Crippen molar-refractivity contribution in [3.8, 4) is 0 Å². The van der Waals surface area contributed by atoms with E-state index in [4.69, 9.17) is 33.2 Å². The highest BCUT2D eigenvalue weighted by Crippen LogP contribution is 2.42. The van der Waals surface area contributed by atoms with E-state index in [1.165, 1.54) is 21.1 Å². The van der Waals surface area contributed by atoms with Gasteiger partial charge in [0.15, 0.2) is 18.7 Å². The van der Waals surface area contributed by atoms with Crippen LogP contribution in [0.1, 0.15) is 94.9 Å². The van der Waals surface area contributed by atoms with E-state index < -0.39 is 108 Å². The molecule has 5 N–H and O–H groups in total. The molecule has 320 valence electrons. The molecule has 17 unspecified atom stereocenters. The number of amides is 1. The molecule has 15 heteroatoms. The smallest absolute Gasteiger partial charge is 0.407 e. The molecular formula is C40H72N2O13. The number of hydrogen-bond acceptors (Lipinski definition) is 14. The number of nitrogens with zero attached hydrogens (tertiary/aromatic N) is 1. The number of rotatable bonds is 8. The van der Waals surface area contributed by atoms with Crippen molar-refractivity contribution in [3.05, 3.63) is 12.2 Å². The normalized spacial score (nSPS) is 46.8. The van der Waals surface area contributed by atoms with Crippen molar-refractivity contribution in [1.82, 2.24) is 10.2 Å². The number of ether oxygens (including phenoxy) is 7. The Labute approximate surface area is 328 Å². The minimum Gasteiger partial charge on any atom is -0.459 e. The second kappa shape index (κ2) is 18.8. The average molecular weight is 789 g/mol. The Bertz CT molecular complexity index is 1300. The predicted octanol–water partition coefficient (Wildman–Crippen LogP) is 3.14. The summed E-state index contributed by atoms with van der Waals surface area (Å²) < 4.78 is 43.6. The molecule has 3 saturated heterocycles. The van der Waals surface area contributed by atoms with Crippen LogP contribution in [0.5, 0.6) is 0 Å². The first-order valence-corrected chi connectivity index (χ1v) is 19.8. The SMILES string of the molecule is C=C1C(C)CC(C)(O)C(OC2OC(C)CC(N(C)C)C2O)C(C)C(OC2CC(C)(OC)C(OC(=O)NC)C(C)O2)C(C)C(=O)O[C@H](CC)C(C)(O)C(O)C1C. The molecule has 18 atom stereocenters. The van der Waals surface area contributed by atoms with Gasteiger partial charge in [-0.1, -0.05) is 39.8 Å². The monoisotopic (exact) mass is 789 g/mol. The van der Waals surface area contributed by atoms with Crippen molar-refractivity contribution >= 4 is 12.1 Å². The number of likely N-dealkylation sites (N-methyl/N-ethyl adjacent to an activating group) is 1. The van der Waals surface area contributed by atoms with Crippen molar-refractivity contribution < 1.29 is 63.2 Å². The average Bonchev–Trinajstić information content (AvgIpc) is 3.11. The molecule has 0 aromatic carbocycles. The van der Waals surface area contributed by atoms with E-state index in [9.17, 15) is 30.0 Å². The quantitative estimate of drug-likeness (QED) is 0.178. The lowest BCUT2D eigenvalue weighted by molar-refractivity contribution is -0.317. The molecule has 3 fully saturated rings. The number of methoxy groups -OCH3 is 1. The Morgan fingerprint density at radius 1 is 0.982 bits per heavy atom. The van der Waals surface area contributed by atoms with Gasteiger partial charge in [0.25, 0.3) is 0 Å². The van der Waals surface area contributed by atoms with Crippen molar-refractivity contribution in [2.45, 2.75) is 179 Å². The maximum Gasteiger partial charge on any atom is 0.407 e. The lowest BCUT2D eigenvalue weighted by Gasteiger charge is -2.49. The zero-order valence-electron chi connectivity index (χ0n) is 35.6. The molecule has 0 bridgehead atoms. The molecule has 3 heterocycles. The first-order valence-electron chi connectivity index (χ1n) is 19.8. The molecule has 3 aliphatic rings. The fourth-order valence-corrected chi connectivity index (χ4v) is 8.87. The molecule has 0 aromatic rings. The fraction of sp³-hybridized carbons (Fsp3) is 0.900. The summed E-state index contributed by atoms with van der Waals surface area (Å²) in [5, 5.41) is 49.9. The summed E-state index contributed by atoms with van der Waals surface area (Å²) in [7, 11) is 6.69. The first kappa shape index (κ1) is 47.5. The van der Waals surface area contributed by atoms with Gasteiger partial charge in [-0.3, -0.25) is 4.79 Å². The number of carbonyl (C=O) groups excluding carboxylic acids is 2. The Kier molecular flexibility index (Phi) is 16.2.